The Morgan fingerprint density at radius 1 is 0.964 bits per heavy atom. The molecule has 0 saturated carbocycles. The molecule has 28 heavy (non-hydrogen) atoms. The highest BCUT2D eigenvalue weighted by Gasteiger charge is 2.66. The third kappa shape index (κ3) is 2.41. The monoisotopic (exact) mass is 369 g/mol. The van der Waals surface area contributed by atoms with Crippen molar-refractivity contribution in [1.82, 2.24) is 5.32 Å². The van der Waals surface area contributed by atoms with Gasteiger partial charge in [-0.15, -0.1) is 0 Å². The lowest BCUT2D eigenvalue weighted by atomic mass is 9.51. The molecular formula is C23H23N5. The van der Waals surface area contributed by atoms with Crippen LogP contribution in [0.3, 0.4) is 0 Å². The van der Waals surface area contributed by atoms with Crippen LogP contribution in [0.5, 0.6) is 0 Å². The van der Waals surface area contributed by atoms with E-state index in [0.29, 0.717) is 11.5 Å². The minimum atomic E-state index is -1.84. The second-order valence-electron chi connectivity index (χ2n) is 8.15. The van der Waals surface area contributed by atoms with Gasteiger partial charge in [0.2, 0.25) is 10.8 Å². The van der Waals surface area contributed by atoms with Gasteiger partial charge in [0.1, 0.15) is 0 Å². The van der Waals surface area contributed by atoms with E-state index < -0.39 is 16.9 Å². The number of benzene rings is 1. The van der Waals surface area contributed by atoms with Crippen LogP contribution < -0.4 is 5.32 Å². The van der Waals surface area contributed by atoms with Gasteiger partial charge in [-0.05, 0) is 35.8 Å². The fourth-order valence-corrected chi connectivity index (χ4v) is 4.92. The van der Waals surface area contributed by atoms with Crippen molar-refractivity contribution in [3.8, 4) is 24.3 Å². The van der Waals surface area contributed by atoms with E-state index in [1.54, 1.807) is 0 Å². The molecule has 140 valence electrons. The van der Waals surface area contributed by atoms with Gasteiger partial charge in [-0.1, -0.05) is 51.1 Å². The van der Waals surface area contributed by atoms with Crippen LogP contribution in [0.15, 0.2) is 41.6 Å². The summed E-state index contributed by atoms with van der Waals surface area (Å²) in [5, 5.41) is 44.4. The minimum Gasteiger partial charge on any atom is -0.378 e. The lowest BCUT2D eigenvalue weighted by Gasteiger charge is -2.51. The average Bonchev–Trinajstić information content (AvgIpc) is 2.72. The third-order valence-electron chi connectivity index (χ3n) is 6.42. The zero-order valence-corrected chi connectivity index (χ0v) is 16.4. The van der Waals surface area contributed by atoms with E-state index in [-0.39, 0.29) is 11.8 Å². The zero-order valence-electron chi connectivity index (χ0n) is 16.4. The van der Waals surface area contributed by atoms with Crippen LogP contribution in [0.1, 0.15) is 45.2 Å². The smallest absolute Gasteiger partial charge is 0.203 e. The molecule has 0 unspecified atom stereocenters. The second kappa shape index (κ2) is 7.03. The Kier molecular flexibility index (Phi) is 4.89. The molecule has 1 aliphatic carbocycles. The summed E-state index contributed by atoms with van der Waals surface area (Å²) in [5.74, 6) is 0.427. The van der Waals surface area contributed by atoms with Crippen molar-refractivity contribution in [3.63, 3.8) is 0 Å². The first kappa shape index (κ1) is 19.5. The highest BCUT2D eigenvalue weighted by Crippen LogP contribution is 2.60. The Balaban J connectivity index is 2.41. The molecule has 0 bridgehead atoms. The number of allylic oxidation sites excluding steroid dienone is 2. The van der Waals surface area contributed by atoms with E-state index in [1.165, 1.54) is 0 Å². The number of rotatable bonds is 2. The molecule has 1 aliphatic heterocycles. The van der Waals surface area contributed by atoms with Crippen molar-refractivity contribution >= 4 is 0 Å². The van der Waals surface area contributed by atoms with Gasteiger partial charge in [0.05, 0.1) is 30.3 Å². The summed E-state index contributed by atoms with van der Waals surface area (Å²) in [6.07, 6.45) is 1.78. The Morgan fingerprint density at radius 3 is 2.07 bits per heavy atom. The van der Waals surface area contributed by atoms with Crippen molar-refractivity contribution in [2.24, 2.45) is 28.6 Å². The molecule has 0 spiro atoms. The van der Waals surface area contributed by atoms with Gasteiger partial charge < -0.3 is 5.32 Å². The number of nitrogens with zero attached hydrogens (tertiary/aromatic N) is 4. The summed E-state index contributed by atoms with van der Waals surface area (Å²) in [5.41, 5.74) is -1.41. The lowest BCUT2D eigenvalue weighted by Crippen LogP contribution is -2.56. The average molecular weight is 369 g/mol. The molecule has 0 saturated heterocycles. The van der Waals surface area contributed by atoms with Crippen molar-refractivity contribution in [3.05, 3.63) is 47.2 Å². The van der Waals surface area contributed by atoms with Crippen LogP contribution in [0, 0.1) is 73.9 Å². The van der Waals surface area contributed by atoms with Crippen molar-refractivity contribution < 1.29 is 0 Å². The van der Waals surface area contributed by atoms with Crippen LogP contribution in [0.25, 0.3) is 0 Å². The molecule has 0 amide bonds. The topological polar surface area (TPSA) is 107 Å². The molecule has 1 N–H and O–H groups in total. The van der Waals surface area contributed by atoms with E-state index in [0.717, 1.165) is 24.1 Å². The quantitative estimate of drug-likeness (QED) is 0.833. The number of hydrogen-bond donors (Lipinski definition) is 1. The van der Waals surface area contributed by atoms with Crippen LogP contribution in [-0.2, 0) is 0 Å². The Morgan fingerprint density at radius 2 is 1.57 bits per heavy atom. The molecule has 5 nitrogen and oxygen atoms in total. The summed E-state index contributed by atoms with van der Waals surface area (Å²) in [4.78, 5) is 0. The van der Waals surface area contributed by atoms with E-state index >= 15 is 0 Å². The first-order valence-corrected chi connectivity index (χ1v) is 9.63. The second-order valence-corrected chi connectivity index (χ2v) is 8.15. The predicted molar refractivity (Wildman–Crippen MR) is 103 cm³/mol. The highest BCUT2D eigenvalue weighted by atomic mass is 15.0. The highest BCUT2D eigenvalue weighted by molar-refractivity contribution is 5.54. The summed E-state index contributed by atoms with van der Waals surface area (Å²) >= 11 is 0. The van der Waals surface area contributed by atoms with E-state index in [9.17, 15) is 21.0 Å². The molecule has 3 atom stereocenters. The third-order valence-corrected chi connectivity index (χ3v) is 6.42. The summed E-state index contributed by atoms with van der Waals surface area (Å²) in [6.45, 7) is 6.24. The number of nitriles is 4. The lowest BCUT2D eigenvalue weighted by molar-refractivity contribution is 0.175. The molecule has 5 heteroatoms. The first-order valence-electron chi connectivity index (χ1n) is 9.63. The molecule has 3 rings (SSSR count). The predicted octanol–water partition coefficient (Wildman–Crippen LogP) is 4.35. The van der Waals surface area contributed by atoms with E-state index in [4.69, 9.17) is 0 Å². The molecule has 0 radical (unpaired) electrons. The van der Waals surface area contributed by atoms with Gasteiger partial charge in [0.25, 0.3) is 0 Å². The SMILES string of the molecule is CC(C)[C@H]1CC[C@@H](C)C2=C1N[C@@H](c1ccccc1)C(C#N)(C#N)C2(C#N)C#N. The maximum Gasteiger partial charge on any atom is 0.203 e. The van der Waals surface area contributed by atoms with Crippen molar-refractivity contribution in [1.29, 1.82) is 21.0 Å². The summed E-state index contributed by atoms with van der Waals surface area (Å²) in [6, 6.07) is 16.9. The van der Waals surface area contributed by atoms with Gasteiger partial charge >= 0.3 is 0 Å². The summed E-state index contributed by atoms with van der Waals surface area (Å²) < 4.78 is 0. The molecular weight excluding hydrogens is 346 g/mol. The maximum atomic E-state index is 10.2. The Labute approximate surface area is 166 Å². The molecule has 1 aromatic rings. The fourth-order valence-electron chi connectivity index (χ4n) is 4.92. The van der Waals surface area contributed by atoms with Gasteiger partial charge in [0.15, 0.2) is 0 Å². The molecule has 1 aromatic carbocycles. The number of nitrogens with one attached hydrogen (secondary N) is 1. The Hall–Kier alpha value is -3.28. The van der Waals surface area contributed by atoms with Gasteiger partial charge in [-0.3, -0.25) is 0 Å². The van der Waals surface area contributed by atoms with Crippen LogP contribution in [0.2, 0.25) is 0 Å². The van der Waals surface area contributed by atoms with E-state index in [2.05, 4.69) is 43.4 Å². The summed E-state index contributed by atoms with van der Waals surface area (Å²) in [7, 11) is 0. The van der Waals surface area contributed by atoms with Crippen LogP contribution >= 0.6 is 0 Å². The van der Waals surface area contributed by atoms with Crippen molar-refractivity contribution in [2.45, 2.75) is 39.7 Å². The molecule has 2 aliphatic rings. The van der Waals surface area contributed by atoms with Gasteiger partial charge in [-0.2, -0.15) is 21.0 Å². The normalized spacial score (nSPS) is 27.4. The standard InChI is InChI=1S/C23H23N5/c1-15(2)18-10-9-16(3)19-20(18)28-21(17-7-5-4-6-8-17)23(13-26,14-27)22(19,11-24)12-25/h4-8,15-16,18,21,28H,9-10H2,1-3H3/t16-,18-,21+/m1/s1. The molecule has 1 heterocycles. The van der Waals surface area contributed by atoms with Crippen molar-refractivity contribution in [2.75, 3.05) is 0 Å². The molecule has 0 fully saturated rings. The Bertz CT molecular complexity index is 933. The fraction of sp³-hybridized carbons (Fsp3) is 0.478. The van der Waals surface area contributed by atoms with Crippen LogP contribution in [-0.4, -0.2) is 0 Å². The zero-order chi connectivity index (χ0) is 20.5. The molecule has 0 aromatic heterocycles. The van der Waals surface area contributed by atoms with Gasteiger partial charge in [-0.25, -0.2) is 0 Å². The van der Waals surface area contributed by atoms with Gasteiger partial charge in [0, 0.05) is 11.6 Å². The maximum absolute atomic E-state index is 10.2. The largest absolute Gasteiger partial charge is 0.378 e. The van der Waals surface area contributed by atoms with Crippen LogP contribution in [0.4, 0.5) is 0 Å². The van der Waals surface area contributed by atoms with E-state index in [1.807, 2.05) is 37.3 Å². The first-order chi connectivity index (χ1) is 13.4. The minimum absolute atomic E-state index is 0.0467. The number of hydrogen-bond acceptors (Lipinski definition) is 5.